The average molecular weight is 335 g/mol. The fraction of sp³-hybridized carbons (Fsp3) is 0.190. The number of anilines is 1. The van der Waals surface area contributed by atoms with Crippen LogP contribution < -0.4 is 14.8 Å². The number of hydrogen-bond donors (Lipinski definition) is 1. The molecule has 25 heavy (non-hydrogen) atoms. The summed E-state index contributed by atoms with van der Waals surface area (Å²) in [6.07, 6.45) is -0.633. The van der Waals surface area contributed by atoms with Gasteiger partial charge in [0.15, 0.2) is 6.10 Å². The van der Waals surface area contributed by atoms with E-state index in [-0.39, 0.29) is 5.91 Å². The van der Waals surface area contributed by atoms with Crippen LogP contribution in [0.5, 0.6) is 11.5 Å². The number of hydrogen-bond acceptors (Lipinski definition) is 3. The Morgan fingerprint density at radius 3 is 2.52 bits per heavy atom. The Bertz CT molecular complexity index is 905. The first-order valence-electron chi connectivity index (χ1n) is 8.18. The van der Waals surface area contributed by atoms with Crippen molar-refractivity contribution in [2.75, 3.05) is 12.4 Å². The van der Waals surface area contributed by atoms with Crippen molar-refractivity contribution in [2.24, 2.45) is 0 Å². The van der Waals surface area contributed by atoms with Crippen LogP contribution >= 0.6 is 0 Å². The van der Waals surface area contributed by atoms with Gasteiger partial charge in [-0.1, -0.05) is 36.4 Å². The molecule has 0 spiro atoms. The lowest BCUT2D eigenvalue weighted by molar-refractivity contribution is -0.122. The summed E-state index contributed by atoms with van der Waals surface area (Å²) in [4.78, 5) is 12.5. The summed E-state index contributed by atoms with van der Waals surface area (Å²) >= 11 is 0. The Balaban J connectivity index is 1.72. The normalized spacial score (nSPS) is 11.8. The number of methoxy groups -OCH3 is 1. The Labute approximate surface area is 147 Å². The number of fused-ring (bicyclic) bond motifs is 1. The van der Waals surface area contributed by atoms with Crippen LogP contribution in [0.2, 0.25) is 0 Å². The standard InChI is InChI=1S/C21H21NO3/c1-14-8-11-20(24-3)19(12-14)22-21(23)15(2)25-18-10-9-16-6-4-5-7-17(16)13-18/h4-13,15H,1-3H3,(H,22,23)/t15-/m0/s1. The maximum atomic E-state index is 12.5. The van der Waals surface area contributed by atoms with Crippen molar-refractivity contribution in [2.45, 2.75) is 20.0 Å². The molecule has 0 bridgehead atoms. The minimum Gasteiger partial charge on any atom is -0.495 e. The van der Waals surface area contributed by atoms with Gasteiger partial charge in [0.25, 0.3) is 5.91 Å². The number of amides is 1. The second kappa shape index (κ2) is 7.26. The van der Waals surface area contributed by atoms with Gasteiger partial charge in [-0.2, -0.15) is 0 Å². The van der Waals surface area contributed by atoms with Crippen molar-refractivity contribution in [1.29, 1.82) is 0 Å². The van der Waals surface area contributed by atoms with E-state index in [1.807, 2.05) is 67.6 Å². The third kappa shape index (κ3) is 3.91. The highest BCUT2D eigenvalue weighted by Gasteiger charge is 2.17. The molecule has 3 aromatic carbocycles. The van der Waals surface area contributed by atoms with Gasteiger partial charge in [0.2, 0.25) is 0 Å². The van der Waals surface area contributed by atoms with E-state index in [1.54, 1.807) is 14.0 Å². The first kappa shape index (κ1) is 16.8. The zero-order valence-corrected chi connectivity index (χ0v) is 14.6. The SMILES string of the molecule is COc1ccc(C)cc1NC(=O)[C@H](C)Oc1ccc2ccccc2c1. The number of aryl methyl sites for hydroxylation is 1. The summed E-state index contributed by atoms with van der Waals surface area (Å²) < 4.78 is 11.1. The quantitative estimate of drug-likeness (QED) is 0.743. The summed E-state index contributed by atoms with van der Waals surface area (Å²) in [5, 5.41) is 5.08. The molecule has 4 nitrogen and oxygen atoms in total. The van der Waals surface area contributed by atoms with Gasteiger partial charge in [-0.25, -0.2) is 0 Å². The van der Waals surface area contributed by atoms with E-state index in [0.717, 1.165) is 16.3 Å². The third-order valence-corrected chi connectivity index (χ3v) is 4.02. The second-order valence-corrected chi connectivity index (χ2v) is 5.96. The summed E-state index contributed by atoms with van der Waals surface area (Å²) in [6, 6.07) is 19.5. The number of benzene rings is 3. The molecule has 1 atom stereocenters. The van der Waals surface area contributed by atoms with Gasteiger partial charge in [0.05, 0.1) is 12.8 Å². The third-order valence-electron chi connectivity index (χ3n) is 4.02. The summed E-state index contributed by atoms with van der Waals surface area (Å²) in [7, 11) is 1.58. The van der Waals surface area contributed by atoms with Crippen molar-refractivity contribution < 1.29 is 14.3 Å². The molecule has 0 aliphatic rings. The van der Waals surface area contributed by atoms with Crippen LogP contribution in [0.3, 0.4) is 0 Å². The molecule has 0 heterocycles. The second-order valence-electron chi connectivity index (χ2n) is 5.96. The molecule has 0 unspecified atom stereocenters. The smallest absolute Gasteiger partial charge is 0.265 e. The molecule has 1 amide bonds. The maximum Gasteiger partial charge on any atom is 0.265 e. The highest BCUT2D eigenvalue weighted by Crippen LogP contribution is 2.26. The largest absolute Gasteiger partial charge is 0.495 e. The zero-order valence-electron chi connectivity index (χ0n) is 14.6. The Hall–Kier alpha value is -3.01. The van der Waals surface area contributed by atoms with Crippen LogP contribution in [-0.2, 0) is 4.79 Å². The topological polar surface area (TPSA) is 47.6 Å². The molecule has 1 N–H and O–H groups in total. The number of ether oxygens (including phenoxy) is 2. The van der Waals surface area contributed by atoms with Crippen LogP contribution in [0.1, 0.15) is 12.5 Å². The molecule has 128 valence electrons. The Morgan fingerprint density at radius 1 is 1.00 bits per heavy atom. The van der Waals surface area contributed by atoms with Crippen molar-refractivity contribution in [3.05, 3.63) is 66.2 Å². The number of nitrogens with one attached hydrogen (secondary N) is 1. The molecule has 0 aliphatic carbocycles. The van der Waals surface area contributed by atoms with Crippen LogP contribution in [0.15, 0.2) is 60.7 Å². The lowest BCUT2D eigenvalue weighted by Crippen LogP contribution is -2.30. The summed E-state index contributed by atoms with van der Waals surface area (Å²) in [5.74, 6) is 1.06. The lowest BCUT2D eigenvalue weighted by Gasteiger charge is -2.17. The Kier molecular flexibility index (Phi) is 4.89. The molecule has 0 aliphatic heterocycles. The van der Waals surface area contributed by atoms with E-state index in [4.69, 9.17) is 9.47 Å². The van der Waals surface area contributed by atoms with Crippen molar-refractivity contribution in [3.8, 4) is 11.5 Å². The van der Waals surface area contributed by atoms with E-state index in [9.17, 15) is 4.79 Å². The molecule has 3 rings (SSSR count). The minimum atomic E-state index is -0.633. The fourth-order valence-electron chi connectivity index (χ4n) is 2.65. The molecular weight excluding hydrogens is 314 g/mol. The maximum absolute atomic E-state index is 12.5. The van der Waals surface area contributed by atoms with Crippen molar-refractivity contribution in [3.63, 3.8) is 0 Å². The highest BCUT2D eigenvalue weighted by molar-refractivity contribution is 5.95. The zero-order chi connectivity index (χ0) is 17.8. The predicted octanol–water partition coefficient (Wildman–Crippen LogP) is 4.56. The molecule has 0 aromatic heterocycles. The first-order chi connectivity index (χ1) is 12.1. The van der Waals surface area contributed by atoms with Gasteiger partial charge in [-0.05, 0) is 54.4 Å². The van der Waals surface area contributed by atoms with Gasteiger partial charge < -0.3 is 14.8 Å². The molecule has 3 aromatic rings. The predicted molar refractivity (Wildman–Crippen MR) is 100 cm³/mol. The van der Waals surface area contributed by atoms with Gasteiger partial charge >= 0.3 is 0 Å². The average Bonchev–Trinajstić information content (AvgIpc) is 2.61. The van der Waals surface area contributed by atoms with Crippen LogP contribution in [0.4, 0.5) is 5.69 Å². The monoisotopic (exact) mass is 335 g/mol. The number of rotatable bonds is 5. The molecule has 0 saturated heterocycles. The van der Waals surface area contributed by atoms with Crippen molar-refractivity contribution >= 4 is 22.4 Å². The lowest BCUT2D eigenvalue weighted by atomic mass is 10.1. The number of carbonyl (C=O) groups is 1. The number of carbonyl (C=O) groups excluding carboxylic acids is 1. The molecule has 4 heteroatoms. The van der Waals surface area contributed by atoms with E-state index in [0.29, 0.717) is 17.2 Å². The highest BCUT2D eigenvalue weighted by atomic mass is 16.5. The van der Waals surface area contributed by atoms with E-state index < -0.39 is 6.10 Å². The van der Waals surface area contributed by atoms with Gasteiger partial charge in [-0.15, -0.1) is 0 Å². The fourth-order valence-corrected chi connectivity index (χ4v) is 2.65. The van der Waals surface area contributed by atoms with Crippen LogP contribution in [0, 0.1) is 6.92 Å². The van der Waals surface area contributed by atoms with Gasteiger partial charge in [-0.3, -0.25) is 4.79 Å². The van der Waals surface area contributed by atoms with Crippen molar-refractivity contribution in [1.82, 2.24) is 0 Å². The van der Waals surface area contributed by atoms with Gasteiger partial charge in [0, 0.05) is 0 Å². The molecule has 0 fully saturated rings. The van der Waals surface area contributed by atoms with E-state index >= 15 is 0 Å². The Morgan fingerprint density at radius 2 is 1.76 bits per heavy atom. The van der Waals surface area contributed by atoms with Crippen LogP contribution in [-0.4, -0.2) is 19.1 Å². The molecule has 0 saturated carbocycles. The summed E-state index contributed by atoms with van der Waals surface area (Å²) in [6.45, 7) is 3.69. The van der Waals surface area contributed by atoms with Gasteiger partial charge in [0.1, 0.15) is 11.5 Å². The van der Waals surface area contributed by atoms with Crippen LogP contribution in [0.25, 0.3) is 10.8 Å². The molecular formula is C21H21NO3. The minimum absolute atomic E-state index is 0.225. The van der Waals surface area contributed by atoms with E-state index in [1.165, 1.54) is 0 Å². The first-order valence-corrected chi connectivity index (χ1v) is 8.18. The molecule has 0 radical (unpaired) electrons. The van der Waals surface area contributed by atoms with E-state index in [2.05, 4.69) is 5.32 Å². The summed E-state index contributed by atoms with van der Waals surface area (Å²) in [5.41, 5.74) is 1.68.